The fourth-order valence-electron chi connectivity index (χ4n) is 4.89. The summed E-state index contributed by atoms with van der Waals surface area (Å²) in [5.41, 5.74) is 3.53. The summed E-state index contributed by atoms with van der Waals surface area (Å²) in [7, 11) is 0. The number of fused-ring (bicyclic) bond motifs is 2. The summed E-state index contributed by atoms with van der Waals surface area (Å²) in [6.07, 6.45) is 0.598. The van der Waals surface area contributed by atoms with Crippen molar-refractivity contribution in [3.05, 3.63) is 64.5 Å². The Kier molecular flexibility index (Phi) is 6.61. The molecule has 2 aromatic carbocycles. The van der Waals surface area contributed by atoms with E-state index in [4.69, 9.17) is 9.72 Å². The quantitative estimate of drug-likeness (QED) is 0.326. The first-order valence-corrected chi connectivity index (χ1v) is 14.3. The summed E-state index contributed by atoms with van der Waals surface area (Å²) >= 11 is 2.98. The molecule has 1 N–H and O–H groups in total. The van der Waals surface area contributed by atoms with Crippen LogP contribution in [0, 0.1) is 0 Å². The molecular weight excluding hydrogens is 536 g/mol. The van der Waals surface area contributed by atoms with Crippen molar-refractivity contribution in [3.8, 4) is 10.6 Å². The Bertz CT molecular complexity index is 1590. The number of thiazole rings is 1. The average Bonchev–Trinajstić information content (AvgIpc) is 3.62. The van der Waals surface area contributed by atoms with Crippen molar-refractivity contribution in [3.63, 3.8) is 0 Å². The van der Waals surface area contributed by atoms with Crippen LogP contribution in [0.25, 0.3) is 20.8 Å². The SMILES string of the molecule is CCOC(=O)N1CCc2c(sc(NC(=O)c3cccc(N4C(=O)CCC4=O)c3)c2-c2nc3ccccc3s2)C1. The van der Waals surface area contributed by atoms with Crippen LogP contribution in [0.1, 0.15) is 40.6 Å². The standard InChI is InChI=1S/C28H24N4O5S2/c1-2-37-28(36)31-13-12-18-21(15-31)39-27(24(18)26-29-19-8-3-4-9-20(19)38-26)30-25(35)16-6-5-7-17(14-16)32-22(33)10-11-23(32)34/h3-9,14H,2,10-13,15H2,1H3,(H,30,35). The fourth-order valence-corrected chi connectivity index (χ4v) is 7.26. The Morgan fingerprint density at radius 1 is 1.03 bits per heavy atom. The van der Waals surface area contributed by atoms with Gasteiger partial charge in [-0.15, -0.1) is 22.7 Å². The van der Waals surface area contributed by atoms with Crippen LogP contribution in [-0.4, -0.2) is 46.9 Å². The predicted molar refractivity (Wildman–Crippen MR) is 150 cm³/mol. The molecule has 39 heavy (non-hydrogen) atoms. The number of rotatable bonds is 5. The van der Waals surface area contributed by atoms with Gasteiger partial charge in [-0.2, -0.15) is 0 Å². The maximum atomic E-state index is 13.5. The van der Waals surface area contributed by atoms with Gasteiger partial charge in [-0.1, -0.05) is 18.2 Å². The number of amides is 4. The van der Waals surface area contributed by atoms with Gasteiger partial charge < -0.3 is 15.0 Å². The fraction of sp³-hybridized carbons (Fsp3) is 0.250. The van der Waals surface area contributed by atoms with E-state index in [0.29, 0.717) is 42.4 Å². The van der Waals surface area contributed by atoms with Gasteiger partial charge in [0.1, 0.15) is 10.0 Å². The molecule has 4 aromatic rings. The topological polar surface area (TPSA) is 109 Å². The summed E-state index contributed by atoms with van der Waals surface area (Å²) in [6, 6.07) is 14.4. The van der Waals surface area contributed by atoms with Crippen molar-refractivity contribution in [2.75, 3.05) is 23.4 Å². The number of hydrogen-bond donors (Lipinski definition) is 1. The number of benzene rings is 2. The first-order chi connectivity index (χ1) is 18.9. The molecule has 0 radical (unpaired) electrons. The number of hydrogen-bond acceptors (Lipinski definition) is 8. The molecular formula is C28H24N4O5S2. The Morgan fingerprint density at radius 3 is 2.59 bits per heavy atom. The second kappa shape index (κ2) is 10.2. The van der Waals surface area contributed by atoms with Crippen LogP contribution in [0.15, 0.2) is 48.5 Å². The lowest BCUT2D eigenvalue weighted by atomic mass is 10.0. The molecule has 0 aliphatic carbocycles. The average molecular weight is 561 g/mol. The van der Waals surface area contributed by atoms with Crippen molar-refractivity contribution in [1.82, 2.24) is 9.88 Å². The van der Waals surface area contributed by atoms with Gasteiger partial charge in [0.15, 0.2) is 0 Å². The van der Waals surface area contributed by atoms with Crippen molar-refractivity contribution >= 4 is 67.4 Å². The molecule has 198 valence electrons. The lowest BCUT2D eigenvalue weighted by Crippen LogP contribution is -2.35. The number of carbonyl (C=O) groups is 4. The van der Waals surface area contributed by atoms with E-state index in [1.54, 1.807) is 47.4 Å². The van der Waals surface area contributed by atoms with E-state index in [-0.39, 0.29) is 36.7 Å². The summed E-state index contributed by atoms with van der Waals surface area (Å²) in [5.74, 6) is -0.903. The largest absolute Gasteiger partial charge is 0.450 e. The number of ether oxygens (including phenoxy) is 1. The molecule has 11 heteroatoms. The zero-order valence-electron chi connectivity index (χ0n) is 21.1. The van der Waals surface area contributed by atoms with Crippen molar-refractivity contribution in [1.29, 1.82) is 0 Å². The maximum Gasteiger partial charge on any atom is 0.410 e. The number of para-hydroxylation sites is 1. The molecule has 2 aliphatic heterocycles. The van der Waals surface area contributed by atoms with Gasteiger partial charge in [0.25, 0.3) is 5.91 Å². The highest BCUT2D eigenvalue weighted by Gasteiger charge is 2.32. The molecule has 2 aromatic heterocycles. The molecule has 2 aliphatic rings. The molecule has 0 spiro atoms. The minimum atomic E-state index is -0.362. The summed E-state index contributed by atoms with van der Waals surface area (Å²) in [6.45, 7) is 2.98. The van der Waals surface area contributed by atoms with Gasteiger partial charge in [0.05, 0.1) is 29.1 Å². The van der Waals surface area contributed by atoms with Gasteiger partial charge in [-0.25, -0.2) is 9.78 Å². The molecule has 0 atom stereocenters. The zero-order chi connectivity index (χ0) is 27.1. The van der Waals surface area contributed by atoms with Gasteiger partial charge in [-0.3, -0.25) is 19.3 Å². The second-order valence-electron chi connectivity index (χ2n) is 9.19. The third-order valence-electron chi connectivity index (χ3n) is 6.74. The highest BCUT2D eigenvalue weighted by atomic mass is 32.1. The second-order valence-corrected chi connectivity index (χ2v) is 11.3. The number of thiophene rings is 1. The molecule has 1 saturated heterocycles. The minimum absolute atomic E-state index is 0.171. The number of nitrogens with one attached hydrogen (secondary N) is 1. The number of aromatic nitrogens is 1. The monoisotopic (exact) mass is 560 g/mol. The van der Waals surface area contributed by atoms with Gasteiger partial charge in [0.2, 0.25) is 11.8 Å². The molecule has 0 bridgehead atoms. The first kappa shape index (κ1) is 25.2. The molecule has 4 amide bonds. The Morgan fingerprint density at radius 2 is 1.82 bits per heavy atom. The van der Waals surface area contributed by atoms with Crippen LogP contribution in [0.4, 0.5) is 15.5 Å². The highest BCUT2D eigenvalue weighted by Crippen LogP contribution is 2.46. The number of nitrogens with zero attached hydrogens (tertiary/aromatic N) is 3. The van der Waals surface area contributed by atoms with Crippen LogP contribution in [0.5, 0.6) is 0 Å². The smallest absolute Gasteiger partial charge is 0.410 e. The van der Waals surface area contributed by atoms with Crippen LogP contribution >= 0.6 is 22.7 Å². The molecule has 0 saturated carbocycles. The summed E-state index contributed by atoms with van der Waals surface area (Å²) in [5, 5.41) is 4.51. The summed E-state index contributed by atoms with van der Waals surface area (Å²) < 4.78 is 6.25. The van der Waals surface area contributed by atoms with Crippen LogP contribution < -0.4 is 10.2 Å². The van der Waals surface area contributed by atoms with Crippen molar-refractivity contribution < 1.29 is 23.9 Å². The Balaban J connectivity index is 1.36. The van der Waals surface area contributed by atoms with Gasteiger partial charge >= 0.3 is 6.09 Å². The Labute approximate surface area is 232 Å². The third-order valence-corrected chi connectivity index (χ3v) is 8.92. The van der Waals surface area contributed by atoms with E-state index in [9.17, 15) is 19.2 Å². The highest BCUT2D eigenvalue weighted by molar-refractivity contribution is 7.23. The molecule has 1 fully saturated rings. The van der Waals surface area contributed by atoms with Gasteiger partial charge in [0, 0.05) is 35.4 Å². The molecule has 6 rings (SSSR count). The van der Waals surface area contributed by atoms with E-state index in [2.05, 4.69) is 5.32 Å². The maximum absolute atomic E-state index is 13.5. The first-order valence-electron chi connectivity index (χ1n) is 12.6. The zero-order valence-corrected chi connectivity index (χ0v) is 22.7. The van der Waals surface area contributed by atoms with Crippen LogP contribution in [-0.2, 0) is 27.3 Å². The predicted octanol–water partition coefficient (Wildman–Crippen LogP) is 5.45. The molecule has 0 unspecified atom stereocenters. The Hall–Kier alpha value is -4.09. The normalized spacial score (nSPS) is 15.1. The van der Waals surface area contributed by atoms with Crippen LogP contribution in [0.3, 0.4) is 0 Å². The van der Waals surface area contributed by atoms with Crippen LogP contribution in [0.2, 0.25) is 0 Å². The van der Waals surface area contributed by atoms with Crippen molar-refractivity contribution in [2.24, 2.45) is 0 Å². The molecule has 4 heterocycles. The number of carbonyl (C=O) groups excluding carboxylic acids is 4. The van der Waals surface area contributed by atoms with Crippen molar-refractivity contribution in [2.45, 2.75) is 32.7 Å². The van der Waals surface area contributed by atoms with E-state index >= 15 is 0 Å². The summed E-state index contributed by atoms with van der Waals surface area (Å²) in [4.78, 5) is 59.0. The van der Waals surface area contributed by atoms with E-state index in [1.165, 1.54) is 11.3 Å². The number of imide groups is 1. The van der Waals surface area contributed by atoms with Gasteiger partial charge in [-0.05, 0) is 49.2 Å². The van der Waals surface area contributed by atoms with E-state index in [0.717, 1.165) is 36.1 Å². The lowest BCUT2D eigenvalue weighted by Gasteiger charge is -2.26. The molecule has 9 nitrogen and oxygen atoms in total. The third kappa shape index (κ3) is 4.68. The lowest BCUT2D eigenvalue weighted by molar-refractivity contribution is -0.121. The van der Waals surface area contributed by atoms with E-state index in [1.807, 2.05) is 24.3 Å². The van der Waals surface area contributed by atoms with E-state index < -0.39 is 0 Å². The number of anilines is 2. The minimum Gasteiger partial charge on any atom is -0.450 e.